The number of rotatable bonds is 3. The van der Waals surface area contributed by atoms with Gasteiger partial charge in [0, 0.05) is 6.42 Å². The van der Waals surface area contributed by atoms with E-state index in [9.17, 15) is 0 Å². The summed E-state index contributed by atoms with van der Waals surface area (Å²) >= 11 is 0. The van der Waals surface area contributed by atoms with Crippen molar-refractivity contribution in [3.05, 3.63) is 11.7 Å². The van der Waals surface area contributed by atoms with Gasteiger partial charge in [0.1, 0.15) is 0 Å². The molecule has 0 bridgehead atoms. The number of hydrogen-bond donors (Lipinski definition) is 1. The summed E-state index contributed by atoms with van der Waals surface area (Å²) < 4.78 is 6.39. The van der Waals surface area contributed by atoms with Crippen LogP contribution in [-0.2, 0) is 13.0 Å². The van der Waals surface area contributed by atoms with E-state index in [1.807, 2.05) is 0 Å². The van der Waals surface area contributed by atoms with Crippen molar-refractivity contribution in [3.8, 4) is 0 Å². The molecule has 8 nitrogen and oxygen atoms in total. The number of aryl methyl sites for hydroxylation is 3. The zero-order chi connectivity index (χ0) is 9.97. The second-order valence-corrected chi connectivity index (χ2v) is 2.75. The number of hydrogen-bond acceptors (Lipinski definition) is 7. The third-order valence-corrected chi connectivity index (χ3v) is 1.67. The highest BCUT2D eigenvalue weighted by molar-refractivity contribution is 5.09. The van der Waals surface area contributed by atoms with Crippen LogP contribution in [0.4, 0.5) is 5.95 Å². The summed E-state index contributed by atoms with van der Waals surface area (Å²) in [7, 11) is 0. The van der Waals surface area contributed by atoms with E-state index in [4.69, 9.17) is 10.3 Å². The van der Waals surface area contributed by atoms with E-state index >= 15 is 0 Å². The van der Waals surface area contributed by atoms with Crippen molar-refractivity contribution >= 4 is 5.95 Å². The van der Waals surface area contributed by atoms with Crippen molar-refractivity contribution in [2.45, 2.75) is 19.9 Å². The van der Waals surface area contributed by atoms with Gasteiger partial charge in [-0.1, -0.05) is 10.3 Å². The maximum Gasteiger partial charge on any atom is 0.240 e. The molecule has 0 fully saturated rings. The van der Waals surface area contributed by atoms with Crippen molar-refractivity contribution in [1.82, 2.24) is 30.3 Å². The Morgan fingerprint density at radius 1 is 1.50 bits per heavy atom. The van der Waals surface area contributed by atoms with Gasteiger partial charge in [0.2, 0.25) is 11.8 Å². The summed E-state index contributed by atoms with van der Waals surface area (Å²) in [4.78, 5) is 4.04. The van der Waals surface area contributed by atoms with Crippen LogP contribution in [0.5, 0.6) is 0 Å². The number of aromatic nitrogens is 6. The van der Waals surface area contributed by atoms with Gasteiger partial charge in [0.05, 0.1) is 6.54 Å². The Bertz CT molecular complexity index is 419. The van der Waals surface area contributed by atoms with E-state index in [-0.39, 0.29) is 5.95 Å². The van der Waals surface area contributed by atoms with Crippen molar-refractivity contribution in [1.29, 1.82) is 0 Å². The maximum atomic E-state index is 5.47. The van der Waals surface area contributed by atoms with Gasteiger partial charge in [-0.25, -0.2) is 4.68 Å². The zero-order valence-electron chi connectivity index (χ0n) is 7.58. The summed E-state index contributed by atoms with van der Waals surface area (Å²) in [6.07, 6.45) is 0.566. The highest BCUT2D eigenvalue weighted by atomic mass is 16.5. The molecule has 0 amide bonds. The van der Waals surface area contributed by atoms with Gasteiger partial charge in [-0.15, -0.1) is 0 Å². The fraction of sp³-hybridized carbons (Fsp3) is 0.500. The van der Waals surface area contributed by atoms with Crippen molar-refractivity contribution in [2.75, 3.05) is 5.73 Å². The molecule has 0 spiro atoms. The SMILES string of the molecule is Cc1noc(CCn2nnnc2N)n1. The Kier molecular flexibility index (Phi) is 2.09. The van der Waals surface area contributed by atoms with Crippen LogP contribution in [-0.4, -0.2) is 30.3 Å². The summed E-state index contributed by atoms with van der Waals surface area (Å²) in [6.45, 7) is 2.29. The topological polar surface area (TPSA) is 109 Å². The van der Waals surface area contributed by atoms with Crippen LogP contribution in [0.15, 0.2) is 4.52 Å². The second kappa shape index (κ2) is 3.40. The van der Waals surface area contributed by atoms with Crippen LogP contribution < -0.4 is 5.73 Å². The molecule has 0 unspecified atom stereocenters. The van der Waals surface area contributed by atoms with Crippen LogP contribution in [0.1, 0.15) is 11.7 Å². The average Bonchev–Trinajstić information content (AvgIpc) is 2.72. The molecule has 0 radical (unpaired) electrons. The Hall–Kier alpha value is -1.99. The molecular weight excluding hydrogens is 186 g/mol. The molecule has 2 rings (SSSR count). The van der Waals surface area contributed by atoms with E-state index in [2.05, 4.69) is 25.7 Å². The first-order valence-electron chi connectivity index (χ1n) is 4.06. The van der Waals surface area contributed by atoms with Gasteiger partial charge in [0.25, 0.3) is 0 Å². The second-order valence-electron chi connectivity index (χ2n) is 2.75. The van der Waals surface area contributed by atoms with E-state index in [0.717, 1.165) is 0 Å². The number of nitrogen functional groups attached to an aromatic ring is 1. The minimum Gasteiger partial charge on any atom is -0.367 e. The highest BCUT2D eigenvalue weighted by Gasteiger charge is 2.05. The van der Waals surface area contributed by atoms with Gasteiger partial charge in [-0.3, -0.25) is 0 Å². The number of nitrogens with two attached hydrogens (primary N) is 1. The molecule has 0 atom stereocenters. The van der Waals surface area contributed by atoms with Gasteiger partial charge in [0.15, 0.2) is 5.82 Å². The largest absolute Gasteiger partial charge is 0.367 e. The summed E-state index contributed by atoms with van der Waals surface area (Å²) in [5.41, 5.74) is 5.47. The van der Waals surface area contributed by atoms with Crippen LogP contribution in [0.25, 0.3) is 0 Å². The molecule has 0 saturated carbocycles. The first kappa shape index (κ1) is 8.60. The lowest BCUT2D eigenvalue weighted by atomic mass is 10.4. The minimum atomic E-state index is 0.279. The van der Waals surface area contributed by atoms with Crippen molar-refractivity contribution in [2.24, 2.45) is 0 Å². The Balaban J connectivity index is 1.98. The van der Waals surface area contributed by atoms with Crippen molar-refractivity contribution < 1.29 is 4.52 Å². The first-order chi connectivity index (χ1) is 6.75. The van der Waals surface area contributed by atoms with Crippen LogP contribution in [0.3, 0.4) is 0 Å². The predicted octanol–water partition coefficient (Wildman–Crippen LogP) is -0.811. The van der Waals surface area contributed by atoms with E-state index < -0.39 is 0 Å². The molecule has 8 heteroatoms. The summed E-state index contributed by atoms with van der Waals surface area (Å²) in [5, 5.41) is 14.3. The van der Waals surface area contributed by atoms with E-state index in [1.54, 1.807) is 6.92 Å². The summed E-state index contributed by atoms with van der Waals surface area (Å²) in [5.74, 6) is 1.45. The quantitative estimate of drug-likeness (QED) is 0.682. The average molecular weight is 195 g/mol. The smallest absolute Gasteiger partial charge is 0.240 e. The minimum absolute atomic E-state index is 0.279. The maximum absolute atomic E-state index is 5.47. The number of anilines is 1. The fourth-order valence-corrected chi connectivity index (χ4v) is 1.01. The lowest BCUT2D eigenvalue weighted by Gasteiger charge is -1.96. The summed E-state index contributed by atoms with van der Waals surface area (Å²) in [6, 6.07) is 0. The van der Waals surface area contributed by atoms with Gasteiger partial charge < -0.3 is 10.3 Å². The Morgan fingerprint density at radius 2 is 2.36 bits per heavy atom. The lowest BCUT2D eigenvalue weighted by Crippen LogP contribution is -2.07. The molecule has 0 aromatic carbocycles. The molecule has 2 aromatic heterocycles. The van der Waals surface area contributed by atoms with Crippen molar-refractivity contribution in [3.63, 3.8) is 0 Å². The normalized spacial score (nSPS) is 10.6. The number of tetrazole rings is 1. The van der Waals surface area contributed by atoms with Crippen LogP contribution >= 0.6 is 0 Å². The van der Waals surface area contributed by atoms with Gasteiger partial charge in [-0.05, 0) is 17.4 Å². The van der Waals surface area contributed by atoms with Gasteiger partial charge in [-0.2, -0.15) is 4.98 Å². The highest BCUT2D eigenvalue weighted by Crippen LogP contribution is 2.00. The Morgan fingerprint density at radius 3 is 2.93 bits per heavy atom. The molecule has 0 aliphatic carbocycles. The van der Waals surface area contributed by atoms with E-state index in [1.165, 1.54) is 4.68 Å². The predicted molar refractivity (Wildman–Crippen MR) is 45.0 cm³/mol. The molecule has 2 aromatic rings. The molecular formula is C6H9N7O. The fourth-order valence-electron chi connectivity index (χ4n) is 1.01. The molecule has 74 valence electrons. The molecule has 0 aliphatic rings. The third kappa shape index (κ3) is 1.68. The zero-order valence-corrected chi connectivity index (χ0v) is 7.58. The molecule has 2 N–H and O–H groups in total. The lowest BCUT2D eigenvalue weighted by molar-refractivity contribution is 0.365. The first-order valence-corrected chi connectivity index (χ1v) is 4.06. The molecule has 2 heterocycles. The van der Waals surface area contributed by atoms with Gasteiger partial charge >= 0.3 is 0 Å². The molecule has 0 saturated heterocycles. The third-order valence-electron chi connectivity index (χ3n) is 1.67. The molecule has 0 aliphatic heterocycles. The van der Waals surface area contributed by atoms with Crippen LogP contribution in [0, 0.1) is 6.92 Å². The Labute approximate surface area is 79.1 Å². The number of nitrogens with zero attached hydrogens (tertiary/aromatic N) is 6. The molecule has 14 heavy (non-hydrogen) atoms. The van der Waals surface area contributed by atoms with E-state index in [0.29, 0.717) is 24.7 Å². The monoisotopic (exact) mass is 195 g/mol. The van der Waals surface area contributed by atoms with Crippen LogP contribution in [0.2, 0.25) is 0 Å². The standard InChI is InChI=1S/C6H9N7O/c1-4-8-5(14-10-4)2-3-13-6(7)9-11-12-13/h2-3H2,1H3,(H2,7,9,12).